The lowest BCUT2D eigenvalue weighted by atomic mass is 10.6. The Bertz CT molecular complexity index is 120. The lowest BCUT2D eigenvalue weighted by Gasteiger charge is -2.16. The molecule has 0 saturated carbocycles. The second kappa shape index (κ2) is 6.24. The molecular formula is C6H12ClNO3. The molecule has 66 valence electrons. The number of amides is 1. The van der Waals surface area contributed by atoms with Gasteiger partial charge in [-0.25, -0.2) is 4.79 Å². The van der Waals surface area contributed by atoms with Crippen molar-refractivity contribution < 1.29 is 14.3 Å². The van der Waals surface area contributed by atoms with E-state index in [9.17, 15) is 4.79 Å². The van der Waals surface area contributed by atoms with E-state index < -0.39 is 6.09 Å². The first-order valence-corrected chi connectivity index (χ1v) is 3.67. The van der Waals surface area contributed by atoms with Gasteiger partial charge in [0.15, 0.2) is 0 Å². The van der Waals surface area contributed by atoms with Crippen LogP contribution in [0.5, 0.6) is 0 Å². The van der Waals surface area contributed by atoms with E-state index in [1.54, 1.807) is 7.11 Å². The number of methoxy groups -OCH3 is 2. The molecule has 0 aromatic carbocycles. The minimum absolute atomic E-state index is 0.121. The summed E-state index contributed by atoms with van der Waals surface area (Å²) in [7, 11) is 2.87. The first kappa shape index (κ1) is 10.5. The molecule has 0 bridgehead atoms. The van der Waals surface area contributed by atoms with Gasteiger partial charge in [-0.05, 0) is 0 Å². The van der Waals surface area contributed by atoms with Crippen LogP contribution in [0.2, 0.25) is 0 Å². The summed E-state index contributed by atoms with van der Waals surface area (Å²) >= 11 is 5.45. The summed E-state index contributed by atoms with van der Waals surface area (Å²) < 4.78 is 9.21. The predicted octanol–water partition coefficient (Wildman–Crippen LogP) is 0.898. The fraction of sp³-hybridized carbons (Fsp3) is 0.833. The van der Waals surface area contributed by atoms with Crippen molar-refractivity contribution in [2.75, 3.05) is 33.4 Å². The van der Waals surface area contributed by atoms with Crippen molar-refractivity contribution in [3.8, 4) is 0 Å². The summed E-state index contributed by atoms with van der Waals surface area (Å²) in [5.41, 5.74) is 0. The minimum atomic E-state index is -0.433. The van der Waals surface area contributed by atoms with Crippen molar-refractivity contribution >= 4 is 17.7 Å². The topological polar surface area (TPSA) is 38.8 Å². The molecule has 0 atom stereocenters. The molecule has 0 heterocycles. The van der Waals surface area contributed by atoms with Crippen molar-refractivity contribution in [2.45, 2.75) is 0 Å². The number of hydrogen-bond donors (Lipinski definition) is 0. The number of alkyl halides is 1. The number of hydrogen-bond acceptors (Lipinski definition) is 3. The highest BCUT2D eigenvalue weighted by Crippen LogP contribution is 1.94. The number of ether oxygens (including phenoxy) is 2. The molecule has 0 aliphatic rings. The Morgan fingerprint density at radius 3 is 2.55 bits per heavy atom. The number of nitrogens with zero attached hydrogens (tertiary/aromatic N) is 1. The lowest BCUT2D eigenvalue weighted by molar-refractivity contribution is 0.111. The van der Waals surface area contributed by atoms with Crippen LogP contribution < -0.4 is 0 Å². The van der Waals surface area contributed by atoms with Crippen LogP contribution in [0, 0.1) is 0 Å². The Labute approximate surface area is 71.0 Å². The van der Waals surface area contributed by atoms with Gasteiger partial charge in [-0.15, -0.1) is 11.6 Å². The molecule has 0 N–H and O–H groups in total. The molecule has 0 spiro atoms. The van der Waals surface area contributed by atoms with Crippen molar-refractivity contribution in [2.24, 2.45) is 0 Å². The number of carbonyl (C=O) groups excluding carboxylic acids is 1. The van der Waals surface area contributed by atoms with Crippen LogP contribution in [0.25, 0.3) is 0 Å². The fourth-order valence-corrected chi connectivity index (χ4v) is 0.748. The normalized spacial score (nSPS) is 9.36. The highest BCUT2D eigenvalue weighted by molar-refractivity contribution is 6.18. The molecule has 5 heteroatoms. The van der Waals surface area contributed by atoms with Crippen molar-refractivity contribution in [3.05, 3.63) is 0 Å². The number of rotatable bonds is 4. The van der Waals surface area contributed by atoms with Crippen LogP contribution in [0.4, 0.5) is 4.79 Å². The molecule has 0 aliphatic heterocycles. The average molecular weight is 182 g/mol. The standard InChI is InChI=1S/C6H12ClNO3/c1-10-4-3-8(5-7)6(9)11-2/h3-5H2,1-2H3. The van der Waals surface area contributed by atoms with Crippen molar-refractivity contribution in [1.29, 1.82) is 0 Å². The molecule has 0 aliphatic carbocycles. The van der Waals surface area contributed by atoms with Gasteiger partial charge in [-0.2, -0.15) is 0 Å². The van der Waals surface area contributed by atoms with Gasteiger partial charge in [0, 0.05) is 13.7 Å². The second-order valence-corrected chi connectivity index (χ2v) is 2.08. The Hall–Kier alpha value is -0.480. The molecule has 0 rings (SSSR count). The van der Waals surface area contributed by atoms with Gasteiger partial charge in [0.1, 0.15) is 0 Å². The van der Waals surface area contributed by atoms with Crippen molar-refractivity contribution in [3.63, 3.8) is 0 Å². The third-order valence-electron chi connectivity index (χ3n) is 1.14. The average Bonchev–Trinajstić information content (AvgIpc) is 2.05. The molecule has 0 unspecified atom stereocenters. The largest absolute Gasteiger partial charge is 0.453 e. The van der Waals surface area contributed by atoms with Gasteiger partial charge in [0.05, 0.1) is 19.7 Å². The molecule has 11 heavy (non-hydrogen) atoms. The van der Waals surface area contributed by atoms with Crippen LogP contribution in [-0.2, 0) is 9.47 Å². The first-order valence-electron chi connectivity index (χ1n) is 3.14. The maximum absolute atomic E-state index is 10.8. The van der Waals surface area contributed by atoms with E-state index in [1.165, 1.54) is 12.0 Å². The predicted molar refractivity (Wildman–Crippen MR) is 41.7 cm³/mol. The molecule has 1 amide bonds. The highest BCUT2D eigenvalue weighted by atomic mass is 35.5. The van der Waals surface area contributed by atoms with Gasteiger partial charge in [-0.1, -0.05) is 0 Å². The van der Waals surface area contributed by atoms with Crippen LogP contribution in [-0.4, -0.2) is 44.4 Å². The highest BCUT2D eigenvalue weighted by Gasteiger charge is 2.10. The zero-order chi connectivity index (χ0) is 8.69. The maximum Gasteiger partial charge on any atom is 0.410 e. The fourth-order valence-electron chi connectivity index (χ4n) is 0.530. The van der Waals surface area contributed by atoms with Crippen molar-refractivity contribution in [1.82, 2.24) is 4.90 Å². The van der Waals surface area contributed by atoms with E-state index in [2.05, 4.69) is 4.74 Å². The molecule has 0 fully saturated rings. The summed E-state index contributed by atoms with van der Waals surface area (Å²) in [4.78, 5) is 12.2. The van der Waals surface area contributed by atoms with Crippen LogP contribution in [0.15, 0.2) is 0 Å². The molecular weight excluding hydrogens is 170 g/mol. The van der Waals surface area contributed by atoms with E-state index in [1.807, 2.05) is 0 Å². The summed E-state index contributed by atoms with van der Waals surface area (Å²) in [6.07, 6.45) is -0.433. The minimum Gasteiger partial charge on any atom is -0.453 e. The van der Waals surface area contributed by atoms with Crippen LogP contribution in [0.1, 0.15) is 0 Å². The Balaban J connectivity index is 3.65. The van der Waals surface area contributed by atoms with Gasteiger partial charge < -0.3 is 9.47 Å². The molecule has 0 saturated heterocycles. The zero-order valence-corrected chi connectivity index (χ0v) is 7.43. The van der Waals surface area contributed by atoms with Gasteiger partial charge >= 0.3 is 6.09 Å². The van der Waals surface area contributed by atoms with Gasteiger partial charge in [0.25, 0.3) is 0 Å². The summed E-state index contributed by atoms with van der Waals surface area (Å²) in [6.45, 7) is 0.911. The van der Waals surface area contributed by atoms with E-state index in [-0.39, 0.29) is 6.00 Å². The number of carbonyl (C=O) groups is 1. The molecule has 0 aromatic heterocycles. The monoisotopic (exact) mass is 181 g/mol. The summed E-state index contributed by atoms with van der Waals surface area (Å²) in [5, 5.41) is 0. The van der Waals surface area contributed by atoms with E-state index >= 15 is 0 Å². The third kappa shape index (κ3) is 4.06. The second-order valence-electron chi connectivity index (χ2n) is 1.85. The van der Waals surface area contributed by atoms with Crippen LogP contribution >= 0.6 is 11.6 Å². The smallest absolute Gasteiger partial charge is 0.410 e. The Kier molecular flexibility index (Phi) is 5.97. The van der Waals surface area contributed by atoms with E-state index in [4.69, 9.17) is 16.3 Å². The van der Waals surface area contributed by atoms with Gasteiger partial charge in [-0.3, -0.25) is 4.90 Å². The molecule has 0 radical (unpaired) electrons. The lowest BCUT2D eigenvalue weighted by Crippen LogP contribution is -2.32. The van der Waals surface area contributed by atoms with E-state index in [0.717, 1.165) is 0 Å². The first-order chi connectivity index (χ1) is 5.26. The zero-order valence-electron chi connectivity index (χ0n) is 6.67. The van der Waals surface area contributed by atoms with E-state index in [0.29, 0.717) is 13.2 Å². The third-order valence-corrected chi connectivity index (χ3v) is 1.43. The molecule has 0 aromatic rings. The quantitative estimate of drug-likeness (QED) is 0.478. The molecule has 4 nitrogen and oxygen atoms in total. The SMILES string of the molecule is COCCN(CCl)C(=O)OC. The Morgan fingerprint density at radius 2 is 2.18 bits per heavy atom. The summed E-state index contributed by atoms with van der Waals surface area (Å²) in [5.74, 6) is 0. The summed E-state index contributed by atoms with van der Waals surface area (Å²) in [6, 6.07) is 0.121. The Morgan fingerprint density at radius 1 is 1.55 bits per heavy atom. The number of halogens is 1. The maximum atomic E-state index is 10.8. The van der Waals surface area contributed by atoms with Gasteiger partial charge in [0.2, 0.25) is 0 Å². The van der Waals surface area contributed by atoms with Crippen LogP contribution in [0.3, 0.4) is 0 Å².